The summed E-state index contributed by atoms with van der Waals surface area (Å²) in [6.07, 6.45) is 1.34. The van der Waals surface area contributed by atoms with Crippen molar-refractivity contribution in [2.24, 2.45) is 5.73 Å². The highest BCUT2D eigenvalue weighted by Crippen LogP contribution is 2.23. The summed E-state index contributed by atoms with van der Waals surface area (Å²) in [5.41, 5.74) is 7.70. The number of amides is 1. The number of anilines is 1. The minimum absolute atomic E-state index is 0.0330. The van der Waals surface area contributed by atoms with E-state index >= 15 is 0 Å². The topological polar surface area (TPSA) is 55.6 Å². The molecule has 1 saturated heterocycles. The Morgan fingerprint density at radius 3 is 2.58 bits per heavy atom. The summed E-state index contributed by atoms with van der Waals surface area (Å²) < 4.78 is 5.68. The van der Waals surface area contributed by atoms with Crippen molar-refractivity contribution in [3.63, 3.8) is 0 Å². The van der Waals surface area contributed by atoms with Gasteiger partial charge in [0.1, 0.15) is 6.10 Å². The van der Waals surface area contributed by atoms with E-state index in [0.29, 0.717) is 13.1 Å². The van der Waals surface area contributed by atoms with Crippen LogP contribution in [0.4, 0.5) is 5.69 Å². The molecule has 2 N–H and O–H groups in total. The number of nitrogens with two attached hydrogens (primary N) is 1. The van der Waals surface area contributed by atoms with E-state index < -0.39 is 0 Å². The number of carbonyl (C=O) groups excluding carboxylic acids is 1. The summed E-state index contributed by atoms with van der Waals surface area (Å²) in [6, 6.07) is 7.99. The third kappa shape index (κ3) is 3.14. The zero-order chi connectivity index (χ0) is 13.8. The number of rotatable bonds is 4. The maximum absolute atomic E-state index is 12.5. The van der Waals surface area contributed by atoms with E-state index in [0.717, 1.165) is 18.5 Å². The number of nitrogens with zero attached hydrogens (tertiary/aromatic N) is 1. The second-order valence-electron chi connectivity index (χ2n) is 4.98. The van der Waals surface area contributed by atoms with E-state index in [9.17, 15) is 4.79 Å². The summed E-state index contributed by atoms with van der Waals surface area (Å²) >= 11 is 0. The van der Waals surface area contributed by atoms with E-state index in [-0.39, 0.29) is 18.1 Å². The summed E-state index contributed by atoms with van der Waals surface area (Å²) in [4.78, 5) is 14.3. The van der Waals surface area contributed by atoms with E-state index in [2.05, 4.69) is 0 Å². The lowest BCUT2D eigenvalue weighted by atomic mass is 10.1. The van der Waals surface area contributed by atoms with E-state index in [1.807, 2.05) is 38.1 Å². The summed E-state index contributed by atoms with van der Waals surface area (Å²) in [5.74, 6) is 0.0438. The first kappa shape index (κ1) is 14.0. The van der Waals surface area contributed by atoms with Crippen LogP contribution in [0.1, 0.15) is 25.3 Å². The van der Waals surface area contributed by atoms with Crippen LogP contribution >= 0.6 is 0 Å². The molecule has 1 aromatic carbocycles. The fourth-order valence-electron chi connectivity index (χ4n) is 2.42. The molecule has 0 spiro atoms. The molecule has 0 saturated carbocycles. The zero-order valence-electron chi connectivity index (χ0n) is 11.6. The third-order valence-electron chi connectivity index (χ3n) is 3.57. The lowest BCUT2D eigenvalue weighted by Gasteiger charge is -2.24. The van der Waals surface area contributed by atoms with E-state index in [4.69, 9.17) is 10.5 Å². The molecule has 19 heavy (non-hydrogen) atoms. The molecule has 1 amide bonds. The van der Waals surface area contributed by atoms with Crippen LogP contribution < -0.4 is 10.6 Å². The Hall–Kier alpha value is -1.39. The number of ether oxygens (including phenoxy) is 1. The molecular formula is C15H22N2O2. The quantitative estimate of drug-likeness (QED) is 0.901. The van der Waals surface area contributed by atoms with Crippen LogP contribution in [0.3, 0.4) is 0 Å². The van der Waals surface area contributed by atoms with Gasteiger partial charge >= 0.3 is 0 Å². The van der Waals surface area contributed by atoms with Gasteiger partial charge in [-0.15, -0.1) is 0 Å². The van der Waals surface area contributed by atoms with Gasteiger partial charge < -0.3 is 15.4 Å². The van der Waals surface area contributed by atoms with Crippen molar-refractivity contribution in [2.45, 2.75) is 38.9 Å². The predicted octanol–water partition coefficient (Wildman–Crippen LogP) is 1.85. The molecular weight excluding hydrogens is 240 g/mol. The predicted molar refractivity (Wildman–Crippen MR) is 76.2 cm³/mol. The number of hydrogen-bond acceptors (Lipinski definition) is 3. The molecule has 0 aliphatic carbocycles. The van der Waals surface area contributed by atoms with Crippen molar-refractivity contribution in [1.82, 2.24) is 0 Å². The Bertz CT molecular complexity index is 430. The average molecular weight is 262 g/mol. The number of carbonyl (C=O) groups is 1. The highest BCUT2D eigenvalue weighted by Gasteiger charge is 2.32. The van der Waals surface area contributed by atoms with Crippen LogP contribution in [0.25, 0.3) is 0 Å². The Labute approximate surface area is 114 Å². The Kier molecular flexibility index (Phi) is 4.56. The Morgan fingerprint density at radius 2 is 2.05 bits per heavy atom. The van der Waals surface area contributed by atoms with Crippen molar-refractivity contribution in [3.8, 4) is 0 Å². The van der Waals surface area contributed by atoms with Crippen LogP contribution in [0.15, 0.2) is 24.3 Å². The first-order chi connectivity index (χ1) is 9.15. The van der Waals surface area contributed by atoms with Crippen LogP contribution in [-0.2, 0) is 9.53 Å². The molecule has 0 bridgehead atoms. The van der Waals surface area contributed by atoms with E-state index in [1.54, 1.807) is 4.90 Å². The summed E-state index contributed by atoms with van der Waals surface area (Å²) in [7, 11) is 0. The highest BCUT2D eigenvalue weighted by molar-refractivity contribution is 5.96. The first-order valence-corrected chi connectivity index (χ1v) is 6.89. The van der Waals surface area contributed by atoms with Gasteiger partial charge in [-0.2, -0.15) is 0 Å². The van der Waals surface area contributed by atoms with Crippen LogP contribution in [-0.4, -0.2) is 31.2 Å². The molecule has 2 atom stereocenters. The standard InChI is InChI=1S/C15H22N2O2/c1-3-17(12-6-4-11(2)5-7-12)15(18)14-9-8-13(10-16)19-14/h4-7,13-14H,3,8-10,16H2,1-2H3/t13-,14+/m1/s1. The molecule has 1 aliphatic heterocycles. The molecule has 0 aromatic heterocycles. The van der Waals surface area contributed by atoms with Gasteiger partial charge in [-0.3, -0.25) is 4.79 Å². The van der Waals surface area contributed by atoms with Crippen molar-refractivity contribution in [3.05, 3.63) is 29.8 Å². The average Bonchev–Trinajstić information content (AvgIpc) is 2.90. The van der Waals surface area contributed by atoms with Gasteiger partial charge in [0.15, 0.2) is 0 Å². The van der Waals surface area contributed by atoms with Gasteiger partial charge in [0.2, 0.25) is 0 Å². The van der Waals surface area contributed by atoms with Crippen LogP contribution in [0.5, 0.6) is 0 Å². The van der Waals surface area contributed by atoms with Gasteiger partial charge in [-0.05, 0) is 38.8 Å². The summed E-state index contributed by atoms with van der Waals surface area (Å²) in [5, 5.41) is 0. The number of likely N-dealkylation sites (N-methyl/N-ethyl adjacent to an activating group) is 1. The molecule has 0 radical (unpaired) electrons. The number of hydrogen-bond donors (Lipinski definition) is 1. The molecule has 4 heteroatoms. The number of aryl methyl sites for hydroxylation is 1. The van der Waals surface area contributed by atoms with Gasteiger partial charge in [0.05, 0.1) is 6.10 Å². The second-order valence-corrected chi connectivity index (χ2v) is 4.98. The van der Waals surface area contributed by atoms with Gasteiger partial charge in [-0.1, -0.05) is 17.7 Å². The molecule has 0 unspecified atom stereocenters. The van der Waals surface area contributed by atoms with Gasteiger partial charge in [0, 0.05) is 18.8 Å². The molecule has 4 nitrogen and oxygen atoms in total. The summed E-state index contributed by atoms with van der Waals surface area (Å²) in [6.45, 7) is 5.15. The number of benzene rings is 1. The maximum Gasteiger partial charge on any atom is 0.256 e. The zero-order valence-corrected chi connectivity index (χ0v) is 11.6. The normalized spacial score (nSPS) is 22.5. The van der Waals surface area contributed by atoms with Crippen LogP contribution in [0, 0.1) is 6.92 Å². The van der Waals surface area contributed by atoms with Crippen molar-refractivity contribution >= 4 is 11.6 Å². The molecule has 1 aromatic rings. The fraction of sp³-hybridized carbons (Fsp3) is 0.533. The van der Waals surface area contributed by atoms with Crippen molar-refractivity contribution in [2.75, 3.05) is 18.0 Å². The smallest absolute Gasteiger partial charge is 0.256 e. The molecule has 1 fully saturated rings. The van der Waals surface area contributed by atoms with Crippen molar-refractivity contribution < 1.29 is 9.53 Å². The molecule has 1 heterocycles. The lowest BCUT2D eigenvalue weighted by molar-refractivity contribution is -0.129. The van der Waals surface area contributed by atoms with Gasteiger partial charge in [0.25, 0.3) is 5.91 Å². The molecule has 2 rings (SSSR count). The maximum atomic E-state index is 12.5. The van der Waals surface area contributed by atoms with Crippen molar-refractivity contribution in [1.29, 1.82) is 0 Å². The fourth-order valence-corrected chi connectivity index (χ4v) is 2.42. The monoisotopic (exact) mass is 262 g/mol. The Morgan fingerprint density at radius 1 is 1.37 bits per heavy atom. The van der Waals surface area contributed by atoms with Crippen LogP contribution in [0.2, 0.25) is 0 Å². The minimum Gasteiger partial charge on any atom is -0.364 e. The minimum atomic E-state index is -0.338. The second kappa shape index (κ2) is 6.17. The van der Waals surface area contributed by atoms with E-state index in [1.165, 1.54) is 5.56 Å². The van der Waals surface area contributed by atoms with Gasteiger partial charge in [-0.25, -0.2) is 0 Å². The Balaban J connectivity index is 2.09. The third-order valence-corrected chi connectivity index (χ3v) is 3.57. The lowest BCUT2D eigenvalue weighted by Crippen LogP contribution is -2.39. The highest BCUT2D eigenvalue weighted by atomic mass is 16.5. The largest absolute Gasteiger partial charge is 0.364 e. The first-order valence-electron chi connectivity index (χ1n) is 6.89. The SMILES string of the molecule is CCN(C(=O)[C@@H]1CC[C@H](CN)O1)c1ccc(C)cc1. The molecule has 1 aliphatic rings. The molecule has 104 valence electrons.